The van der Waals surface area contributed by atoms with Gasteiger partial charge in [-0.2, -0.15) is 0 Å². The van der Waals surface area contributed by atoms with Crippen LogP contribution < -0.4 is 5.32 Å². The average Bonchev–Trinajstić information content (AvgIpc) is 2.81. The third-order valence-electron chi connectivity index (χ3n) is 3.01. The van der Waals surface area contributed by atoms with Crippen LogP contribution in [0, 0.1) is 13.8 Å². The molecule has 0 unspecified atom stereocenters. The molecule has 2 aromatic rings. The highest BCUT2D eigenvalue weighted by Crippen LogP contribution is 2.10. The molecule has 19 heavy (non-hydrogen) atoms. The summed E-state index contributed by atoms with van der Waals surface area (Å²) in [6.07, 6.45) is 1.21. The van der Waals surface area contributed by atoms with Gasteiger partial charge in [-0.3, -0.25) is 4.79 Å². The van der Waals surface area contributed by atoms with Crippen molar-refractivity contribution in [1.82, 2.24) is 10.3 Å². The first-order valence-electron chi connectivity index (χ1n) is 6.37. The highest BCUT2D eigenvalue weighted by molar-refractivity contribution is 7.09. The maximum atomic E-state index is 11.8. The minimum Gasteiger partial charge on any atom is -0.352 e. The molecule has 1 N–H and O–H groups in total. The zero-order valence-corrected chi connectivity index (χ0v) is 12.1. The van der Waals surface area contributed by atoms with Gasteiger partial charge in [0.2, 0.25) is 5.91 Å². The van der Waals surface area contributed by atoms with E-state index in [2.05, 4.69) is 23.3 Å². The lowest BCUT2D eigenvalue weighted by molar-refractivity contribution is -0.121. The van der Waals surface area contributed by atoms with E-state index in [-0.39, 0.29) is 5.91 Å². The Morgan fingerprint density at radius 2 is 2.11 bits per heavy atom. The monoisotopic (exact) mass is 274 g/mol. The van der Waals surface area contributed by atoms with Crippen LogP contribution >= 0.6 is 11.3 Å². The molecule has 0 bridgehead atoms. The molecular formula is C15H18N2OS. The summed E-state index contributed by atoms with van der Waals surface area (Å²) in [7, 11) is 0. The van der Waals surface area contributed by atoms with Crippen molar-refractivity contribution in [2.45, 2.75) is 33.2 Å². The Morgan fingerprint density at radius 1 is 1.32 bits per heavy atom. The molecule has 0 fully saturated rings. The number of amides is 1. The van der Waals surface area contributed by atoms with Crippen LogP contribution in [0.5, 0.6) is 0 Å². The van der Waals surface area contributed by atoms with E-state index in [1.807, 2.05) is 30.5 Å². The molecular weight excluding hydrogens is 256 g/mol. The van der Waals surface area contributed by atoms with Crippen molar-refractivity contribution in [2.75, 3.05) is 0 Å². The molecule has 0 saturated carbocycles. The molecule has 0 atom stereocenters. The van der Waals surface area contributed by atoms with Gasteiger partial charge in [0.05, 0.1) is 10.7 Å². The summed E-state index contributed by atoms with van der Waals surface area (Å²) < 4.78 is 0. The number of benzene rings is 1. The summed E-state index contributed by atoms with van der Waals surface area (Å²) in [6.45, 7) is 4.63. The van der Waals surface area contributed by atoms with Gasteiger partial charge in [-0.15, -0.1) is 11.3 Å². The van der Waals surface area contributed by atoms with Crippen molar-refractivity contribution in [1.29, 1.82) is 0 Å². The first-order valence-corrected chi connectivity index (χ1v) is 7.25. The van der Waals surface area contributed by atoms with E-state index in [0.717, 1.165) is 10.7 Å². The van der Waals surface area contributed by atoms with Crippen LogP contribution in [0.4, 0.5) is 0 Å². The lowest BCUT2D eigenvalue weighted by Crippen LogP contribution is -2.23. The fourth-order valence-corrected chi connectivity index (χ4v) is 2.50. The van der Waals surface area contributed by atoms with Crippen LogP contribution in [0.3, 0.4) is 0 Å². The van der Waals surface area contributed by atoms with Crippen molar-refractivity contribution in [3.05, 3.63) is 51.5 Å². The summed E-state index contributed by atoms with van der Waals surface area (Å²) in [6, 6.07) is 8.09. The number of nitrogens with zero attached hydrogens (tertiary/aromatic N) is 1. The smallest absolute Gasteiger partial charge is 0.220 e. The Kier molecular flexibility index (Phi) is 4.68. The van der Waals surface area contributed by atoms with E-state index in [4.69, 9.17) is 0 Å². The first kappa shape index (κ1) is 13.7. The molecule has 4 heteroatoms. The standard InChI is InChI=1S/C15H18N2OS/c1-11-5-3-4-6-13(11)9-16-15(18)8-7-14-10-19-12(2)17-14/h3-6,10H,7-9H2,1-2H3,(H,16,18). The summed E-state index contributed by atoms with van der Waals surface area (Å²) in [5, 5.41) is 6.02. The van der Waals surface area contributed by atoms with Crippen LogP contribution in [-0.4, -0.2) is 10.9 Å². The predicted molar refractivity (Wildman–Crippen MR) is 78.2 cm³/mol. The second kappa shape index (κ2) is 6.48. The van der Waals surface area contributed by atoms with Gasteiger partial charge >= 0.3 is 0 Å². The number of hydrogen-bond donors (Lipinski definition) is 1. The zero-order valence-electron chi connectivity index (χ0n) is 11.3. The topological polar surface area (TPSA) is 42.0 Å². The molecule has 1 aromatic carbocycles. The highest BCUT2D eigenvalue weighted by Gasteiger charge is 2.05. The molecule has 1 aromatic heterocycles. The van der Waals surface area contributed by atoms with Gasteiger partial charge in [0.1, 0.15) is 0 Å². The Bertz CT molecular complexity index is 563. The highest BCUT2D eigenvalue weighted by atomic mass is 32.1. The van der Waals surface area contributed by atoms with Gasteiger partial charge in [0.25, 0.3) is 0 Å². The second-order valence-electron chi connectivity index (χ2n) is 4.56. The van der Waals surface area contributed by atoms with E-state index in [1.165, 1.54) is 11.1 Å². The normalized spacial score (nSPS) is 10.4. The number of aromatic nitrogens is 1. The van der Waals surface area contributed by atoms with Gasteiger partial charge in [-0.05, 0) is 31.4 Å². The Labute approximate surface area is 117 Å². The molecule has 0 aliphatic carbocycles. The van der Waals surface area contributed by atoms with Gasteiger partial charge in [-0.25, -0.2) is 4.98 Å². The van der Waals surface area contributed by atoms with Crippen LogP contribution in [0.25, 0.3) is 0 Å². The van der Waals surface area contributed by atoms with Gasteiger partial charge in [-0.1, -0.05) is 24.3 Å². The van der Waals surface area contributed by atoms with Crippen LogP contribution in [0.1, 0.15) is 28.2 Å². The van der Waals surface area contributed by atoms with Gasteiger partial charge < -0.3 is 5.32 Å². The SMILES string of the molecule is Cc1nc(CCC(=O)NCc2ccccc2C)cs1. The summed E-state index contributed by atoms with van der Waals surface area (Å²) in [4.78, 5) is 16.1. The van der Waals surface area contributed by atoms with Crippen LogP contribution in [0.2, 0.25) is 0 Å². The Balaban J connectivity index is 1.77. The van der Waals surface area contributed by atoms with E-state index in [9.17, 15) is 4.79 Å². The van der Waals surface area contributed by atoms with Crippen molar-refractivity contribution < 1.29 is 4.79 Å². The molecule has 1 amide bonds. The van der Waals surface area contributed by atoms with Crippen molar-refractivity contribution in [2.24, 2.45) is 0 Å². The number of aryl methyl sites for hydroxylation is 3. The molecule has 0 aliphatic heterocycles. The summed E-state index contributed by atoms with van der Waals surface area (Å²) in [5.41, 5.74) is 3.38. The number of nitrogens with one attached hydrogen (secondary N) is 1. The second-order valence-corrected chi connectivity index (χ2v) is 5.62. The molecule has 0 spiro atoms. The zero-order chi connectivity index (χ0) is 13.7. The van der Waals surface area contributed by atoms with E-state index < -0.39 is 0 Å². The maximum absolute atomic E-state index is 11.8. The number of carbonyl (C=O) groups is 1. The number of carbonyl (C=O) groups excluding carboxylic acids is 1. The molecule has 3 nitrogen and oxygen atoms in total. The fraction of sp³-hybridized carbons (Fsp3) is 0.333. The minimum atomic E-state index is 0.0777. The quantitative estimate of drug-likeness (QED) is 0.910. The predicted octanol–water partition coefficient (Wildman–Crippen LogP) is 3.01. The lowest BCUT2D eigenvalue weighted by Gasteiger charge is -2.07. The Morgan fingerprint density at radius 3 is 2.79 bits per heavy atom. The van der Waals surface area contributed by atoms with Crippen molar-refractivity contribution >= 4 is 17.2 Å². The molecule has 0 aliphatic rings. The number of rotatable bonds is 5. The number of thiazole rings is 1. The molecule has 0 saturated heterocycles. The van der Waals surface area contributed by atoms with E-state index >= 15 is 0 Å². The average molecular weight is 274 g/mol. The van der Waals surface area contributed by atoms with Crippen molar-refractivity contribution in [3.63, 3.8) is 0 Å². The van der Waals surface area contributed by atoms with Crippen LogP contribution in [-0.2, 0) is 17.8 Å². The molecule has 100 valence electrons. The first-order chi connectivity index (χ1) is 9.15. The summed E-state index contributed by atoms with van der Waals surface area (Å²) >= 11 is 1.63. The molecule has 1 heterocycles. The lowest BCUT2D eigenvalue weighted by atomic mass is 10.1. The minimum absolute atomic E-state index is 0.0777. The van der Waals surface area contributed by atoms with E-state index in [0.29, 0.717) is 19.4 Å². The maximum Gasteiger partial charge on any atom is 0.220 e. The van der Waals surface area contributed by atoms with Crippen molar-refractivity contribution in [3.8, 4) is 0 Å². The Hall–Kier alpha value is -1.68. The molecule has 0 radical (unpaired) electrons. The molecule has 2 rings (SSSR count). The third kappa shape index (κ3) is 4.17. The summed E-state index contributed by atoms with van der Waals surface area (Å²) in [5.74, 6) is 0.0777. The number of hydrogen-bond acceptors (Lipinski definition) is 3. The van der Waals surface area contributed by atoms with Gasteiger partial charge in [0.15, 0.2) is 0 Å². The largest absolute Gasteiger partial charge is 0.352 e. The van der Waals surface area contributed by atoms with Gasteiger partial charge in [0, 0.05) is 18.3 Å². The van der Waals surface area contributed by atoms with E-state index in [1.54, 1.807) is 11.3 Å². The fourth-order valence-electron chi connectivity index (χ4n) is 1.86. The third-order valence-corrected chi connectivity index (χ3v) is 3.83. The van der Waals surface area contributed by atoms with Crippen LogP contribution in [0.15, 0.2) is 29.6 Å².